The van der Waals surface area contributed by atoms with Gasteiger partial charge in [-0.25, -0.2) is 4.99 Å². The molecular weight excluding hydrogens is 306 g/mol. The Kier molecular flexibility index (Phi) is 9.19. The van der Waals surface area contributed by atoms with Crippen molar-refractivity contribution in [2.24, 2.45) is 27.6 Å². The third-order valence-electron chi connectivity index (χ3n) is 3.27. The topological polar surface area (TPSA) is 91.2 Å². The van der Waals surface area contributed by atoms with Crippen LogP contribution in [0.4, 0.5) is 17.6 Å². The van der Waals surface area contributed by atoms with Crippen LogP contribution in [0.15, 0.2) is 9.98 Å². The molecule has 0 spiro atoms. The average molecular weight is 329 g/mol. The molecule has 0 heterocycles. The maximum absolute atomic E-state index is 12.5. The van der Waals surface area contributed by atoms with Gasteiger partial charge in [0.15, 0.2) is 6.29 Å². The van der Waals surface area contributed by atoms with Crippen LogP contribution in [-0.2, 0) is 0 Å². The fourth-order valence-corrected chi connectivity index (χ4v) is 1.89. The Labute approximate surface area is 126 Å². The highest BCUT2D eigenvalue weighted by molar-refractivity contribution is 5.91. The molecule has 0 aromatic rings. The van der Waals surface area contributed by atoms with Crippen LogP contribution in [0.3, 0.4) is 0 Å². The zero-order valence-electron chi connectivity index (χ0n) is 12.6. The van der Waals surface area contributed by atoms with Crippen molar-refractivity contribution < 1.29 is 27.8 Å². The number of aliphatic imine (C=N–C) groups is 2. The van der Waals surface area contributed by atoms with Crippen LogP contribution in [0.25, 0.3) is 0 Å². The summed E-state index contributed by atoms with van der Waals surface area (Å²) in [6.07, 6.45) is -5.44. The minimum atomic E-state index is -4.58. The zero-order valence-corrected chi connectivity index (χ0v) is 12.6. The maximum atomic E-state index is 12.5. The van der Waals surface area contributed by atoms with Crippen LogP contribution in [0, 0.1) is 11.8 Å². The van der Waals surface area contributed by atoms with E-state index in [1.165, 1.54) is 0 Å². The predicted octanol–water partition coefficient (Wildman–Crippen LogP) is 2.03. The monoisotopic (exact) mass is 329 g/mol. The minimum Gasteiger partial charge on any atom is -0.390 e. The number of nitrogens with two attached hydrogens (primary N) is 1. The second-order valence-corrected chi connectivity index (χ2v) is 5.01. The number of amidine groups is 1. The van der Waals surface area contributed by atoms with Crippen molar-refractivity contribution in [2.75, 3.05) is 6.67 Å². The van der Waals surface area contributed by atoms with E-state index < -0.39 is 43.4 Å². The third kappa shape index (κ3) is 7.17. The molecule has 0 saturated carbocycles. The second kappa shape index (κ2) is 9.73. The first kappa shape index (κ1) is 20.8. The van der Waals surface area contributed by atoms with E-state index in [0.29, 0.717) is 6.42 Å². The van der Waals surface area contributed by atoms with Crippen molar-refractivity contribution >= 4 is 12.2 Å². The summed E-state index contributed by atoms with van der Waals surface area (Å²) in [4.78, 5) is 7.81. The molecule has 0 aliphatic rings. The molecule has 0 aromatic heterocycles. The normalized spacial score (nSPS) is 18.0. The molecule has 0 radical (unpaired) electrons. The van der Waals surface area contributed by atoms with Gasteiger partial charge in [-0.15, -0.1) is 0 Å². The smallest absolute Gasteiger partial charge is 0.390 e. The predicted molar refractivity (Wildman–Crippen MR) is 76.3 cm³/mol. The van der Waals surface area contributed by atoms with Crippen LogP contribution in [0.5, 0.6) is 0 Å². The fourth-order valence-electron chi connectivity index (χ4n) is 1.89. The van der Waals surface area contributed by atoms with Crippen molar-refractivity contribution in [1.82, 2.24) is 0 Å². The van der Waals surface area contributed by atoms with E-state index >= 15 is 0 Å². The van der Waals surface area contributed by atoms with Gasteiger partial charge in [0.2, 0.25) is 0 Å². The van der Waals surface area contributed by atoms with Gasteiger partial charge in [-0.1, -0.05) is 6.92 Å². The Hall–Kier alpha value is -1.22. The summed E-state index contributed by atoms with van der Waals surface area (Å²) < 4.78 is 49.8. The molecule has 130 valence electrons. The molecule has 0 amide bonds. The molecule has 0 aliphatic heterocycles. The standard InChI is InChI=1S/C13H23F4N3O2/c1-3-10(12(21)22)11(19-7-18)20-8(2)4-5-9(6-14)13(15,16)17/h7-10,12,21-22H,3-6H2,1-2H3,(H2,18,19,20)/t8-,9?,10?/m0/s1. The van der Waals surface area contributed by atoms with Gasteiger partial charge in [0.05, 0.1) is 18.2 Å². The summed E-state index contributed by atoms with van der Waals surface area (Å²) in [5, 5.41) is 18.5. The number of hydrogen-bond donors (Lipinski definition) is 3. The highest BCUT2D eigenvalue weighted by atomic mass is 19.4. The van der Waals surface area contributed by atoms with Crippen molar-refractivity contribution in [3.63, 3.8) is 0 Å². The van der Waals surface area contributed by atoms with Gasteiger partial charge >= 0.3 is 6.18 Å². The van der Waals surface area contributed by atoms with Gasteiger partial charge in [0.25, 0.3) is 0 Å². The molecule has 0 saturated heterocycles. The molecule has 0 fully saturated rings. The quantitative estimate of drug-likeness (QED) is 0.275. The molecule has 5 nitrogen and oxygen atoms in total. The summed E-state index contributed by atoms with van der Waals surface area (Å²) in [5.41, 5.74) is 5.16. The first-order valence-corrected chi connectivity index (χ1v) is 6.98. The van der Waals surface area contributed by atoms with Crippen LogP contribution in [-0.4, -0.2) is 47.6 Å². The summed E-state index contributed by atoms with van der Waals surface area (Å²) in [6, 6.07) is -0.581. The molecule has 4 N–H and O–H groups in total. The lowest BCUT2D eigenvalue weighted by molar-refractivity contribution is -0.180. The lowest BCUT2D eigenvalue weighted by Crippen LogP contribution is -2.28. The molecule has 3 atom stereocenters. The first-order chi connectivity index (χ1) is 10.2. The molecule has 9 heteroatoms. The molecule has 22 heavy (non-hydrogen) atoms. The Morgan fingerprint density at radius 1 is 1.27 bits per heavy atom. The van der Waals surface area contributed by atoms with E-state index in [1.807, 2.05) is 0 Å². The SMILES string of the molecule is CCC(C(N=CN)=N[C@@H](C)CCC(CF)C(F)(F)F)C(O)O. The molecule has 0 rings (SSSR count). The highest BCUT2D eigenvalue weighted by Gasteiger charge is 2.39. The second-order valence-electron chi connectivity index (χ2n) is 5.01. The van der Waals surface area contributed by atoms with E-state index in [4.69, 9.17) is 5.73 Å². The third-order valence-corrected chi connectivity index (χ3v) is 3.27. The Bertz CT molecular complexity index is 373. The molecule has 2 unspecified atom stereocenters. The van der Waals surface area contributed by atoms with Crippen LogP contribution in [0.2, 0.25) is 0 Å². The van der Waals surface area contributed by atoms with E-state index in [9.17, 15) is 27.8 Å². The van der Waals surface area contributed by atoms with Crippen molar-refractivity contribution in [1.29, 1.82) is 0 Å². The van der Waals surface area contributed by atoms with E-state index in [1.54, 1.807) is 13.8 Å². The van der Waals surface area contributed by atoms with Crippen molar-refractivity contribution in [2.45, 2.75) is 51.6 Å². The number of nitrogens with zero attached hydrogens (tertiary/aromatic N) is 2. The summed E-state index contributed by atoms with van der Waals surface area (Å²) in [5.74, 6) is -2.75. The van der Waals surface area contributed by atoms with Crippen LogP contribution < -0.4 is 5.73 Å². The Morgan fingerprint density at radius 3 is 2.23 bits per heavy atom. The van der Waals surface area contributed by atoms with Gasteiger partial charge in [0.1, 0.15) is 12.5 Å². The number of rotatable bonds is 8. The number of hydrogen-bond acceptors (Lipinski definition) is 3. The summed E-state index contributed by atoms with van der Waals surface area (Å²) in [6.45, 7) is 1.76. The number of alkyl halides is 4. The van der Waals surface area contributed by atoms with Crippen LogP contribution >= 0.6 is 0 Å². The van der Waals surface area contributed by atoms with Crippen molar-refractivity contribution in [3.05, 3.63) is 0 Å². The van der Waals surface area contributed by atoms with Gasteiger partial charge in [-0.05, 0) is 26.2 Å². The lowest BCUT2D eigenvalue weighted by atomic mass is 10.0. The molecule has 0 aliphatic carbocycles. The highest BCUT2D eigenvalue weighted by Crippen LogP contribution is 2.30. The Balaban J connectivity index is 4.90. The number of halogens is 4. The number of aliphatic hydroxyl groups is 2. The number of aliphatic hydroxyl groups excluding tert-OH is 1. The van der Waals surface area contributed by atoms with E-state index in [0.717, 1.165) is 6.34 Å². The molecule has 0 bridgehead atoms. The summed E-state index contributed by atoms with van der Waals surface area (Å²) >= 11 is 0. The van der Waals surface area contributed by atoms with Gasteiger partial charge in [0, 0.05) is 6.04 Å². The van der Waals surface area contributed by atoms with Gasteiger partial charge in [-0.2, -0.15) is 13.2 Å². The maximum Gasteiger partial charge on any atom is 0.394 e. The van der Waals surface area contributed by atoms with Gasteiger partial charge in [-0.3, -0.25) is 9.38 Å². The van der Waals surface area contributed by atoms with E-state index in [2.05, 4.69) is 9.98 Å². The largest absolute Gasteiger partial charge is 0.394 e. The van der Waals surface area contributed by atoms with Crippen molar-refractivity contribution in [3.8, 4) is 0 Å². The van der Waals surface area contributed by atoms with Gasteiger partial charge < -0.3 is 15.9 Å². The first-order valence-electron chi connectivity index (χ1n) is 6.98. The lowest BCUT2D eigenvalue weighted by Gasteiger charge is -2.20. The average Bonchev–Trinajstić information content (AvgIpc) is 2.38. The van der Waals surface area contributed by atoms with Crippen LogP contribution in [0.1, 0.15) is 33.1 Å². The minimum absolute atomic E-state index is 0.00432. The molecule has 0 aromatic carbocycles. The fraction of sp³-hybridized carbons (Fsp3) is 0.846. The van der Waals surface area contributed by atoms with E-state index in [-0.39, 0.29) is 12.3 Å². The Morgan fingerprint density at radius 2 is 1.86 bits per heavy atom. The zero-order chi connectivity index (χ0) is 17.3. The summed E-state index contributed by atoms with van der Waals surface area (Å²) in [7, 11) is 0. The molecular formula is C13H23F4N3O2.